The van der Waals surface area contributed by atoms with Crippen molar-refractivity contribution in [1.29, 1.82) is 0 Å². The lowest BCUT2D eigenvalue weighted by atomic mass is 9.85. The number of allylic oxidation sites excluding steroid dienone is 2. The third-order valence-electron chi connectivity index (χ3n) is 3.95. The standard InChI is InChI=1S/C16H16N2O3/c1-10(19)17-11-6-8-12(9-7-11)18-15(20)13-4-2-3-5-14(13)16(18)21/h2-3,6-9,13-14H,4-5H2,1H3,(H,17,19)/t13-,14-/m0/s1. The van der Waals surface area contributed by atoms with Crippen LogP contribution in [-0.2, 0) is 14.4 Å². The smallest absolute Gasteiger partial charge is 0.238 e. The average Bonchev–Trinajstić information content (AvgIpc) is 2.72. The van der Waals surface area contributed by atoms with E-state index in [4.69, 9.17) is 0 Å². The summed E-state index contributed by atoms with van der Waals surface area (Å²) in [5.74, 6) is -0.855. The van der Waals surface area contributed by atoms with E-state index < -0.39 is 0 Å². The quantitative estimate of drug-likeness (QED) is 0.668. The van der Waals surface area contributed by atoms with Gasteiger partial charge in [-0.3, -0.25) is 19.3 Å². The second-order valence-electron chi connectivity index (χ2n) is 5.40. The third-order valence-corrected chi connectivity index (χ3v) is 3.95. The van der Waals surface area contributed by atoms with E-state index in [1.54, 1.807) is 24.3 Å². The summed E-state index contributed by atoms with van der Waals surface area (Å²) in [6, 6.07) is 6.76. The summed E-state index contributed by atoms with van der Waals surface area (Å²) in [4.78, 5) is 37.1. The van der Waals surface area contributed by atoms with E-state index >= 15 is 0 Å². The second kappa shape index (κ2) is 5.16. The van der Waals surface area contributed by atoms with Gasteiger partial charge in [0.05, 0.1) is 17.5 Å². The van der Waals surface area contributed by atoms with Gasteiger partial charge >= 0.3 is 0 Å². The first kappa shape index (κ1) is 13.5. The van der Waals surface area contributed by atoms with Crippen LogP contribution in [0.1, 0.15) is 19.8 Å². The van der Waals surface area contributed by atoms with E-state index in [0.29, 0.717) is 24.2 Å². The fraction of sp³-hybridized carbons (Fsp3) is 0.312. The summed E-state index contributed by atoms with van der Waals surface area (Å²) < 4.78 is 0. The highest BCUT2D eigenvalue weighted by atomic mass is 16.2. The Morgan fingerprint density at radius 1 is 1.05 bits per heavy atom. The van der Waals surface area contributed by atoms with Gasteiger partial charge in [0.2, 0.25) is 17.7 Å². The molecule has 1 fully saturated rings. The fourth-order valence-electron chi connectivity index (χ4n) is 2.95. The molecule has 1 heterocycles. The number of rotatable bonds is 2. The summed E-state index contributed by atoms with van der Waals surface area (Å²) in [5, 5.41) is 2.66. The lowest BCUT2D eigenvalue weighted by molar-refractivity contribution is -0.122. The average molecular weight is 284 g/mol. The van der Waals surface area contributed by atoms with Crippen molar-refractivity contribution in [3.63, 3.8) is 0 Å². The predicted octanol–water partition coefficient (Wildman–Crippen LogP) is 2.10. The zero-order valence-electron chi connectivity index (χ0n) is 11.7. The maximum Gasteiger partial charge on any atom is 0.238 e. The summed E-state index contributed by atoms with van der Waals surface area (Å²) in [6.07, 6.45) is 5.21. The van der Waals surface area contributed by atoms with Gasteiger partial charge in [0, 0.05) is 12.6 Å². The molecule has 0 aromatic heterocycles. The number of hydrogen-bond donors (Lipinski definition) is 1. The molecule has 21 heavy (non-hydrogen) atoms. The molecular weight excluding hydrogens is 268 g/mol. The molecule has 0 saturated carbocycles. The number of anilines is 2. The number of imide groups is 1. The van der Waals surface area contributed by atoms with Crippen LogP contribution in [0, 0.1) is 11.8 Å². The second-order valence-corrected chi connectivity index (χ2v) is 5.40. The number of fused-ring (bicyclic) bond motifs is 1. The normalized spacial score (nSPS) is 24.1. The van der Waals surface area contributed by atoms with Gasteiger partial charge < -0.3 is 5.32 Å². The zero-order valence-corrected chi connectivity index (χ0v) is 11.7. The topological polar surface area (TPSA) is 66.5 Å². The van der Waals surface area contributed by atoms with Crippen LogP contribution in [-0.4, -0.2) is 17.7 Å². The highest BCUT2D eigenvalue weighted by Gasteiger charge is 2.47. The Balaban J connectivity index is 1.85. The largest absolute Gasteiger partial charge is 0.326 e. The van der Waals surface area contributed by atoms with Crippen molar-refractivity contribution in [3.8, 4) is 0 Å². The number of carbonyl (C=O) groups is 3. The maximum absolute atomic E-state index is 12.4. The van der Waals surface area contributed by atoms with E-state index in [9.17, 15) is 14.4 Å². The Kier molecular flexibility index (Phi) is 3.33. The van der Waals surface area contributed by atoms with Crippen LogP contribution in [0.15, 0.2) is 36.4 Å². The molecule has 108 valence electrons. The van der Waals surface area contributed by atoms with E-state index in [0.717, 1.165) is 0 Å². The minimum Gasteiger partial charge on any atom is -0.326 e. The van der Waals surface area contributed by atoms with Crippen LogP contribution in [0.5, 0.6) is 0 Å². The van der Waals surface area contributed by atoms with Gasteiger partial charge in [0.1, 0.15) is 0 Å². The highest BCUT2D eigenvalue weighted by molar-refractivity contribution is 6.22. The zero-order chi connectivity index (χ0) is 15.0. The van der Waals surface area contributed by atoms with Gasteiger partial charge in [0.25, 0.3) is 0 Å². The van der Waals surface area contributed by atoms with Crippen molar-refractivity contribution in [2.24, 2.45) is 11.8 Å². The van der Waals surface area contributed by atoms with E-state index in [2.05, 4.69) is 5.32 Å². The molecule has 1 aliphatic heterocycles. The van der Waals surface area contributed by atoms with Crippen LogP contribution < -0.4 is 10.2 Å². The van der Waals surface area contributed by atoms with Crippen molar-refractivity contribution in [1.82, 2.24) is 0 Å². The first-order valence-corrected chi connectivity index (χ1v) is 6.98. The molecular formula is C16H16N2O3. The molecule has 1 N–H and O–H groups in total. The van der Waals surface area contributed by atoms with E-state index in [1.807, 2.05) is 12.2 Å². The molecule has 0 radical (unpaired) electrons. The molecule has 1 saturated heterocycles. The third kappa shape index (κ3) is 2.35. The van der Waals surface area contributed by atoms with Crippen molar-refractivity contribution in [3.05, 3.63) is 36.4 Å². The van der Waals surface area contributed by atoms with Crippen LogP contribution in [0.4, 0.5) is 11.4 Å². The molecule has 2 atom stereocenters. The molecule has 1 aromatic rings. The van der Waals surface area contributed by atoms with Crippen molar-refractivity contribution >= 4 is 29.1 Å². The first-order chi connectivity index (χ1) is 10.1. The minimum atomic E-state index is -0.225. The Labute approximate surface area is 122 Å². The van der Waals surface area contributed by atoms with Crippen LogP contribution in [0.2, 0.25) is 0 Å². The molecule has 3 amide bonds. The molecule has 5 heteroatoms. The summed E-state index contributed by atoms with van der Waals surface area (Å²) in [6.45, 7) is 1.43. The molecule has 0 bridgehead atoms. The molecule has 1 aromatic carbocycles. The Morgan fingerprint density at radius 3 is 2.05 bits per heavy atom. The SMILES string of the molecule is CC(=O)Nc1ccc(N2C(=O)[C@H]3CC=CC[C@@H]3C2=O)cc1. The van der Waals surface area contributed by atoms with Crippen LogP contribution in [0.25, 0.3) is 0 Å². The first-order valence-electron chi connectivity index (χ1n) is 6.98. The molecule has 0 unspecified atom stereocenters. The predicted molar refractivity (Wildman–Crippen MR) is 78.6 cm³/mol. The Morgan fingerprint density at radius 2 is 1.57 bits per heavy atom. The van der Waals surface area contributed by atoms with E-state index in [-0.39, 0.29) is 29.6 Å². The Hall–Kier alpha value is -2.43. The number of benzene rings is 1. The van der Waals surface area contributed by atoms with Gasteiger partial charge in [-0.1, -0.05) is 12.2 Å². The van der Waals surface area contributed by atoms with E-state index in [1.165, 1.54) is 11.8 Å². The van der Waals surface area contributed by atoms with Gasteiger partial charge in [0.15, 0.2) is 0 Å². The van der Waals surface area contributed by atoms with Crippen molar-refractivity contribution in [2.75, 3.05) is 10.2 Å². The Bertz CT molecular complexity index is 607. The monoisotopic (exact) mass is 284 g/mol. The van der Waals surface area contributed by atoms with Crippen LogP contribution in [0.3, 0.4) is 0 Å². The van der Waals surface area contributed by atoms with Crippen LogP contribution >= 0.6 is 0 Å². The molecule has 5 nitrogen and oxygen atoms in total. The molecule has 3 rings (SSSR count). The summed E-state index contributed by atoms with van der Waals surface area (Å²) in [7, 11) is 0. The van der Waals surface area contributed by atoms with Crippen molar-refractivity contribution in [2.45, 2.75) is 19.8 Å². The number of amides is 3. The van der Waals surface area contributed by atoms with Gasteiger partial charge in [-0.15, -0.1) is 0 Å². The number of nitrogens with zero attached hydrogens (tertiary/aromatic N) is 1. The number of carbonyl (C=O) groups excluding carboxylic acids is 3. The highest BCUT2D eigenvalue weighted by Crippen LogP contribution is 2.37. The summed E-state index contributed by atoms with van der Waals surface area (Å²) in [5.41, 5.74) is 1.21. The molecule has 2 aliphatic rings. The number of hydrogen-bond acceptors (Lipinski definition) is 3. The van der Waals surface area contributed by atoms with Crippen molar-refractivity contribution < 1.29 is 14.4 Å². The molecule has 1 aliphatic carbocycles. The maximum atomic E-state index is 12.4. The molecule has 0 spiro atoms. The van der Waals surface area contributed by atoms with Gasteiger partial charge in [-0.05, 0) is 37.1 Å². The van der Waals surface area contributed by atoms with Gasteiger partial charge in [-0.2, -0.15) is 0 Å². The number of nitrogens with one attached hydrogen (secondary N) is 1. The fourth-order valence-corrected chi connectivity index (χ4v) is 2.95. The minimum absolute atomic E-state index is 0.123. The lowest BCUT2D eigenvalue weighted by Gasteiger charge is -2.15. The van der Waals surface area contributed by atoms with Gasteiger partial charge in [-0.25, -0.2) is 0 Å². The summed E-state index contributed by atoms with van der Waals surface area (Å²) >= 11 is 0. The lowest BCUT2D eigenvalue weighted by Crippen LogP contribution is -2.30.